The van der Waals surface area contributed by atoms with Gasteiger partial charge in [-0.05, 0) is 11.6 Å². The van der Waals surface area contributed by atoms with Crippen molar-refractivity contribution in [3.05, 3.63) is 35.9 Å². The van der Waals surface area contributed by atoms with Gasteiger partial charge in [0.15, 0.2) is 0 Å². The normalized spacial score (nSPS) is 11.3. The minimum atomic E-state index is -0.303. The average molecular weight is 221 g/mol. The zero-order chi connectivity index (χ0) is 12.1. The molecule has 2 N–H and O–H groups in total. The van der Waals surface area contributed by atoms with Crippen molar-refractivity contribution >= 4 is 12.0 Å². The number of aliphatic hydroxyl groups excluding tert-OH is 1. The summed E-state index contributed by atoms with van der Waals surface area (Å²) in [6.07, 6.45) is 4.97. The Morgan fingerprint density at radius 3 is 2.88 bits per heavy atom. The van der Waals surface area contributed by atoms with Crippen LogP contribution in [0.5, 0.6) is 0 Å². The molecule has 0 unspecified atom stereocenters. The second kappa shape index (κ2) is 5.27. The smallest absolute Gasteiger partial charge is 0.250 e. The SMILES string of the molecule is C=C(C(=O)NC)/C(=C/c1cncn1C)CO. The molecule has 1 heterocycles. The van der Waals surface area contributed by atoms with Gasteiger partial charge in [0.2, 0.25) is 0 Å². The monoisotopic (exact) mass is 221 g/mol. The van der Waals surface area contributed by atoms with Gasteiger partial charge < -0.3 is 15.0 Å². The highest BCUT2D eigenvalue weighted by molar-refractivity contribution is 5.98. The van der Waals surface area contributed by atoms with Crippen LogP contribution in [0.1, 0.15) is 5.69 Å². The lowest BCUT2D eigenvalue weighted by molar-refractivity contribution is -0.116. The molecule has 0 spiro atoms. The van der Waals surface area contributed by atoms with Gasteiger partial charge >= 0.3 is 0 Å². The number of nitrogens with one attached hydrogen (secondary N) is 1. The molecule has 5 nitrogen and oxygen atoms in total. The van der Waals surface area contributed by atoms with Gasteiger partial charge in [0.25, 0.3) is 5.91 Å². The van der Waals surface area contributed by atoms with Gasteiger partial charge in [-0.2, -0.15) is 0 Å². The highest BCUT2D eigenvalue weighted by atomic mass is 16.3. The van der Waals surface area contributed by atoms with Gasteiger partial charge in [0.1, 0.15) is 0 Å². The fraction of sp³-hybridized carbons (Fsp3) is 0.273. The predicted octanol–water partition coefficient (Wildman–Crippen LogP) is 0.0980. The zero-order valence-corrected chi connectivity index (χ0v) is 9.40. The molecule has 0 fully saturated rings. The van der Waals surface area contributed by atoms with Crippen LogP contribution in [0.2, 0.25) is 0 Å². The number of amides is 1. The predicted molar refractivity (Wildman–Crippen MR) is 61.5 cm³/mol. The third kappa shape index (κ3) is 2.58. The average Bonchev–Trinajstić information content (AvgIpc) is 2.69. The first kappa shape index (κ1) is 12.2. The molecule has 0 aromatic carbocycles. The zero-order valence-electron chi connectivity index (χ0n) is 9.40. The van der Waals surface area contributed by atoms with Crippen LogP contribution in [-0.2, 0) is 11.8 Å². The molecule has 5 heteroatoms. The summed E-state index contributed by atoms with van der Waals surface area (Å²) in [5, 5.41) is 11.7. The Balaban J connectivity index is 2.99. The molecule has 86 valence electrons. The van der Waals surface area contributed by atoms with E-state index in [9.17, 15) is 9.90 Å². The Kier molecular flexibility index (Phi) is 4.02. The van der Waals surface area contributed by atoms with Crippen molar-refractivity contribution in [1.82, 2.24) is 14.9 Å². The van der Waals surface area contributed by atoms with Gasteiger partial charge in [-0.3, -0.25) is 4.79 Å². The van der Waals surface area contributed by atoms with Crippen molar-refractivity contribution in [3.63, 3.8) is 0 Å². The first-order valence-electron chi connectivity index (χ1n) is 4.79. The Hall–Kier alpha value is -1.88. The van der Waals surface area contributed by atoms with E-state index < -0.39 is 0 Å². The first-order chi connectivity index (χ1) is 7.60. The lowest BCUT2D eigenvalue weighted by atomic mass is 10.1. The van der Waals surface area contributed by atoms with E-state index in [2.05, 4.69) is 16.9 Å². The van der Waals surface area contributed by atoms with Crippen molar-refractivity contribution in [2.75, 3.05) is 13.7 Å². The topological polar surface area (TPSA) is 67.2 Å². The van der Waals surface area contributed by atoms with E-state index in [4.69, 9.17) is 0 Å². The third-order valence-corrected chi connectivity index (χ3v) is 2.24. The van der Waals surface area contributed by atoms with Crippen LogP contribution in [0.4, 0.5) is 0 Å². The van der Waals surface area contributed by atoms with Gasteiger partial charge in [0, 0.05) is 19.7 Å². The molecule has 0 bridgehead atoms. The van der Waals surface area contributed by atoms with Gasteiger partial charge in [-0.15, -0.1) is 0 Å². The molecule has 1 aromatic heterocycles. The second-order valence-electron chi connectivity index (χ2n) is 3.31. The molecule has 0 aliphatic rings. The second-order valence-corrected chi connectivity index (χ2v) is 3.31. The lowest BCUT2D eigenvalue weighted by Gasteiger charge is -2.07. The van der Waals surface area contributed by atoms with E-state index in [0.29, 0.717) is 5.57 Å². The largest absolute Gasteiger partial charge is 0.392 e. The van der Waals surface area contributed by atoms with Crippen LogP contribution >= 0.6 is 0 Å². The number of hydrogen-bond acceptors (Lipinski definition) is 3. The number of carbonyl (C=O) groups is 1. The van der Waals surface area contributed by atoms with Gasteiger partial charge in [-0.25, -0.2) is 4.98 Å². The molecule has 1 aromatic rings. The summed E-state index contributed by atoms with van der Waals surface area (Å²) >= 11 is 0. The van der Waals surface area contributed by atoms with Crippen molar-refractivity contribution in [1.29, 1.82) is 0 Å². The number of hydrogen-bond donors (Lipinski definition) is 2. The minimum absolute atomic E-state index is 0.239. The number of aliphatic hydroxyl groups is 1. The maximum atomic E-state index is 11.3. The number of carbonyl (C=O) groups excluding carboxylic acids is 1. The number of rotatable bonds is 4. The van der Waals surface area contributed by atoms with Crippen LogP contribution in [0.15, 0.2) is 30.2 Å². The summed E-state index contributed by atoms with van der Waals surface area (Å²) in [7, 11) is 3.35. The van der Waals surface area contributed by atoms with E-state index in [0.717, 1.165) is 5.69 Å². The number of imidazole rings is 1. The van der Waals surface area contributed by atoms with Crippen LogP contribution in [0, 0.1) is 0 Å². The number of nitrogens with zero attached hydrogens (tertiary/aromatic N) is 2. The first-order valence-corrected chi connectivity index (χ1v) is 4.79. The summed E-state index contributed by atoms with van der Waals surface area (Å²) in [4.78, 5) is 15.3. The summed E-state index contributed by atoms with van der Waals surface area (Å²) in [6.45, 7) is 3.40. The Bertz CT molecular complexity index is 432. The summed E-state index contributed by atoms with van der Waals surface area (Å²) < 4.78 is 1.78. The van der Waals surface area contributed by atoms with Crippen LogP contribution < -0.4 is 5.32 Å². The Labute approximate surface area is 94.1 Å². The molecular weight excluding hydrogens is 206 g/mol. The highest BCUT2D eigenvalue weighted by Gasteiger charge is 2.10. The fourth-order valence-corrected chi connectivity index (χ4v) is 1.21. The third-order valence-electron chi connectivity index (χ3n) is 2.24. The molecule has 1 amide bonds. The molecule has 0 saturated carbocycles. The van der Waals surface area contributed by atoms with E-state index in [-0.39, 0.29) is 18.1 Å². The van der Waals surface area contributed by atoms with Crippen molar-refractivity contribution in [3.8, 4) is 0 Å². The number of aryl methyl sites for hydroxylation is 1. The van der Waals surface area contributed by atoms with E-state index >= 15 is 0 Å². The maximum Gasteiger partial charge on any atom is 0.250 e. The standard InChI is InChI=1S/C11H15N3O2/c1-8(11(16)12-2)9(6-15)4-10-5-13-7-14(10)3/h4-5,7,15H,1,6H2,2-3H3,(H,12,16)/b9-4+. The van der Waals surface area contributed by atoms with Crippen LogP contribution in [-0.4, -0.2) is 34.2 Å². The fourth-order valence-electron chi connectivity index (χ4n) is 1.21. The molecule has 0 aliphatic heterocycles. The van der Waals surface area contributed by atoms with Gasteiger partial charge in [0.05, 0.1) is 24.8 Å². The summed E-state index contributed by atoms with van der Waals surface area (Å²) in [6, 6.07) is 0. The summed E-state index contributed by atoms with van der Waals surface area (Å²) in [5.74, 6) is -0.303. The number of aromatic nitrogens is 2. The molecule has 0 saturated heterocycles. The lowest BCUT2D eigenvalue weighted by Crippen LogP contribution is -2.21. The molecule has 1 rings (SSSR count). The van der Waals surface area contributed by atoms with Crippen molar-refractivity contribution in [2.24, 2.45) is 7.05 Å². The highest BCUT2D eigenvalue weighted by Crippen LogP contribution is 2.12. The van der Waals surface area contributed by atoms with Gasteiger partial charge in [-0.1, -0.05) is 6.58 Å². The van der Waals surface area contributed by atoms with E-state index in [1.165, 1.54) is 7.05 Å². The Morgan fingerprint density at radius 1 is 1.75 bits per heavy atom. The van der Waals surface area contributed by atoms with Crippen LogP contribution in [0.25, 0.3) is 6.08 Å². The van der Waals surface area contributed by atoms with E-state index in [1.807, 2.05) is 7.05 Å². The minimum Gasteiger partial charge on any atom is -0.392 e. The maximum absolute atomic E-state index is 11.3. The molecule has 0 radical (unpaired) electrons. The molecule has 0 aliphatic carbocycles. The number of likely N-dealkylation sites (N-methyl/N-ethyl adjacent to an activating group) is 1. The summed E-state index contributed by atoms with van der Waals surface area (Å²) in [5.41, 5.74) is 1.53. The molecule has 16 heavy (non-hydrogen) atoms. The van der Waals surface area contributed by atoms with E-state index in [1.54, 1.807) is 23.2 Å². The Morgan fingerprint density at radius 2 is 2.44 bits per heavy atom. The molecule has 0 atom stereocenters. The quantitative estimate of drug-likeness (QED) is 0.559. The van der Waals surface area contributed by atoms with Crippen molar-refractivity contribution in [2.45, 2.75) is 0 Å². The molecular formula is C11H15N3O2. The van der Waals surface area contributed by atoms with Crippen molar-refractivity contribution < 1.29 is 9.90 Å². The van der Waals surface area contributed by atoms with Crippen LogP contribution in [0.3, 0.4) is 0 Å².